The number of oxazole rings is 1. The lowest BCUT2D eigenvalue weighted by Crippen LogP contribution is -2.35. The third-order valence-corrected chi connectivity index (χ3v) is 2.94. The molecular formula is C11H18N2O2. The second-order valence-electron chi connectivity index (χ2n) is 4.06. The molecule has 0 amide bonds. The second kappa shape index (κ2) is 4.77. The Kier molecular flexibility index (Phi) is 3.38. The average molecular weight is 210 g/mol. The molecule has 2 rings (SSSR count). The van der Waals surface area contributed by atoms with Crippen LogP contribution in [0.1, 0.15) is 37.8 Å². The van der Waals surface area contributed by atoms with Gasteiger partial charge in [0.15, 0.2) is 0 Å². The van der Waals surface area contributed by atoms with Crippen LogP contribution in [0.4, 0.5) is 0 Å². The highest BCUT2D eigenvalue weighted by Crippen LogP contribution is 2.19. The van der Waals surface area contributed by atoms with E-state index in [1.165, 1.54) is 0 Å². The van der Waals surface area contributed by atoms with Crippen LogP contribution in [-0.4, -0.2) is 22.2 Å². The minimum atomic E-state index is -0.203. The Morgan fingerprint density at radius 3 is 3.07 bits per heavy atom. The highest BCUT2D eigenvalue weighted by Gasteiger charge is 2.24. The molecule has 15 heavy (non-hydrogen) atoms. The van der Waals surface area contributed by atoms with Gasteiger partial charge in [0.2, 0.25) is 5.89 Å². The van der Waals surface area contributed by atoms with Crippen molar-refractivity contribution in [2.75, 3.05) is 0 Å². The van der Waals surface area contributed by atoms with E-state index in [1.54, 1.807) is 6.20 Å². The minimum absolute atomic E-state index is 0.203. The van der Waals surface area contributed by atoms with Gasteiger partial charge in [-0.2, -0.15) is 0 Å². The summed E-state index contributed by atoms with van der Waals surface area (Å²) in [5.74, 6) is 1.63. The Labute approximate surface area is 89.7 Å². The van der Waals surface area contributed by atoms with E-state index in [2.05, 4.69) is 10.3 Å². The fraction of sp³-hybridized carbons (Fsp3) is 0.727. The summed E-state index contributed by atoms with van der Waals surface area (Å²) < 4.78 is 5.47. The summed E-state index contributed by atoms with van der Waals surface area (Å²) in [6, 6.07) is 0.210. The molecule has 1 aromatic rings. The molecule has 2 atom stereocenters. The maximum atomic E-state index is 9.60. The normalized spacial score (nSPS) is 26.0. The first kappa shape index (κ1) is 10.6. The summed E-state index contributed by atoms with van der Waals surface area (Å²) in [5, 5.41) is 12.9. The number of hydrogen-bond donors (Lipinski definition) is 2. The van der Waals surface area contributed by atoms with Crippen molar-refractivity contribution in [3.63, 3.8) is 0 Å². The Balaban J connectivity index is 1.82. The molecule has 1 aliphatic carbocycles. The Morgan fingerprint density at radius 2 is 2.47 bits per heavy atom. The van der Waals surface area contributed by atoms with Gasteiger partial charge in [-0.05, 0) is 19.3 Å². The van der Waals surface area contributed by atoms with E-state index >= 15 is 0 Å². The highest BCUT2D eigenvalue weighted by molar-refractivity contribution is 4.94. The lowest BCUT2D eigenvalue weighted by atomic mass is 10.2. The van der Waals surface area contributed by atoms with Gasteiger partial charge in [-0.15, -0.1) is 0 Å². The van der Waals surface area contributed by atoms with Crippen LogP contribution in [-0.2, 0) is 13.0 Å². The molecule has 0 spiro atoms. The van der Waals surface area contributed by atoms with Gasteiger partial charge in [0.1, 0.15) is 5.76 Å². The van der Waals surface area contributed by atoms with Gasteiger partial charge in [0.05, 0.1) is 18.8 Å². The Morgan fingerprint density at radius 1 is 1.60 bits per heavy atom. The molecule has 2 N–H and O–H groups in total. The zero-order valence-corrected chi connectivity index (χ0v) is 9.07. The van der Waals surface area contributed by atoms with Crippen molar-refractivity contribution in [1.29, 1.82) is 0 Å². The number of aryl methyl sites for hydroxylation is 1. The van der Waals surface area contributed by atoms with Gasteiger partial charge < -0.3 is 14.8 Å². The molecule has 1 aromatic heterocycles. The average Bonchev–Trinajstić information content (AvgIpc) is 2.84. The number of nitrogens with zero attached hydrogens (tertiary/aromatic N) is 1. The van der Waals surface area contributed by atoms with Crippen LogP contribution in [0.3, 0.4) is 0 Å². The van der Waals surface area contributed by atoms with Crippen LogP contribution in [0.5, 0.6) is 0 Å². The summed E-state index contributed by atoms with van der Waals surface area (Å²) in [5.41, 5.74) is 0. The molecule has 1 heterocycles. The summed E-state index contributed by atoms with van der Waals surface area (Å²) in [6.45, 7) is 2.65. The summed E-state index contributed by atoms with van der Waals surface area (Å²) in [6.07, 6.45) is 5.49. The van der Waals surface area contributed by atoms with Gasteiger partial charge in [-0.1, -0.05) is 6.92 Å². The Hall–Kier alpha value is -0.870. The van der Waals surface area contributed by atoms with E-state index in [0.717, 1.165) is 31.4 Å². The fourth-order valence-corrected chi connectivity index (χ4v) is 1.99. The standard InChI is InChI=1S/C11H18N2O2/c1-2-8-6-13-11(15-8)7-12-9-4-3-5-10(9)14/h6,9-10,12,14H,2-5,7H2,1H3/t9-,10-/m0/s1. The SMILES string of the molecule is CCc1cnc(CN[C@H]2CCC[C@@H]2O)o1. The first-order chi connectivity index (χ1) is 7.29. The van der Waals surface area contributed by atoms with Gasteiger partial charge in [-0.25, -0.2) is 4.98 Å². The van der Waals surface area contributed by atoms with Gasteiger partial charge in [0, 0.05) is 12.5 Å². The van der Waals surface area contributed by atoms with Crippen LogP contribution in [0.2, 0.25) is 0 Å². The van der Waals surface area contributed by atoms with Crippen LogP contribution in [0, 0.1) is 0 Å². The lowest BCUT2D eigenvalue weighted by Gasteiger charge is -2.14. The zero-order chi connectivity index (χ0) is 10.7. The highest BCUT2D eigenvalue weighted by atomic mass is 16.4. The van der Waals surface area contributed by atoms with Crippen molar-refractivity contribution in [2.45, 2.75) is 51.3 Å². The molecular weight excluding hydrogens is 192 g/mol. The third-order valence-electron chi connectivity index (χ3n) is 2.94. The van der Waals surface area contributed by atoms with Crippen molar-refractivity contribution in [3.8, 4) is 0 Å². The van der Waals surface area contributed by atoms with Crippen LogP contribution < -0.4 is 5.32 Å². The summed E-state index contributed by atoms with van der Waals surface area (Å²) in [4.78, 5) is 4.16. The predicted molar refractivity (Wildman–Crippen MR) is 56.4 cm³/mol. The molecule has 0 radical (unpaired) electrons. The molecule has 0 aliphatic heterocycles. The molecule has 1 saturated carbocycles. The second-order valence-corrected chi connectivity index (χ2v) is 4.06. The van der Waals surface area contributed by atoms with E-state index in [9.17, 15) is 5.11 Å². The molecule has 1 fully saturated rings. The zero-order valence-electron chi connectivity index (χ0n) is 9.07. The fourth-order valence-electron chi connectivity index (χ4n) is 1.99. The van der Waals surface area contributed by atoms with E-state index in [4.69, 9.17) is 4.42 Å². The maximum Gasteiger partial charge on any atom is 0.208 e. The molecule has 0 unspecified atom stereocenters. The number of rotatable bonds is 4. The largest absolute Gasteiger partial charge is 0.444 e. The smallest absolute Gasteiger partial charge is 0.208 e. The van der Waals surface area contributed by atoms with E-state index in [0.29, 0.717) is 12.4 Å². The molecule has 84 valence electrons. The third kappa shape index (κ3) is 2.58. The monoisotopic (exact) mass is 210 g/mol. The van der Waals surface area contributed by atoms with Crippen LogP contribution in [0.25, 0.3) is 0 Å². The van der Waals surface area contributed by atoms with Gasteiger partial charge in [0.25, 0.3) is 0 Å². The summed E-state index contributed by atoms with van der Waals surface area (Å²) >= 11 is 0. The van der Waals surface area contributed by atoms with E-state index < -0.39 is 0 Å². The van der Waals surface area contributed by atoms with Gasteiger partial charge >= 0.3 is 0 Å². The van der Waals surface area contributed by atoms with Gasteiger partial charge in [-0.3, -0.25) is 0 Å². The minimum Gasteiger partial charge on any atom is -0.444 e. The molecule has 0 saturated heterocycles. The lowest BCUT2D eigenvalue weighted by molar-refractivity contribution is 0.147. The predicted octanol–water partition coefficient (Wildman–Crippen LogP) is 1.24. The summed E-state index contributed by atoms with van der Waals surface area (Å²) in [7, 11) is 0. The topological polar surface area (TPSA) is 58.3 Å². The molecule has 4 nitrogen and oxygen atoms in total. The van der Waals surface area contributed by atoms with Crippen molar-refractivity contribution in [2.24, 2.45) is 0 Å². The van der Waals surface area contributed by atoms with E-state index in [1.807, 2.05) is 6.92 Å². The van der Waals surface area contributed by atoms with Crippen molar-refractivity contribution >= 4 is 0 Å². The molecule has 1 aliphatic rings. The number of hydrogen-bond acceptors (Lipinski definition) is 4. The van der Waals surface area contributed by atoms with E-state index in [-0.39, 0.29) is 12.1 Å². The number of aromatic nitrogens is 1. The number of nitrogens with one attached hydrogen (secondary N) is 1. The molecule has 0 aromatic carbocycles. The van der Waals surface area contributed by atoms with Crippen LogP contribution in [0.15, 0.2) is 10.6 Å². The number of aliphatic hydroxyl groups is 1. The Bertz CT molecular complexity index is 311. The van der Waals surface area contributed by atoms with Crippen molar-refractivity contribution in [3.05, 3.63) is 17.8 Å². The first-order valence-electron chi connectivity index (χ1n) is 5.64. The van der Waals surface area contributed by atoms with Crippen molar-refractivity contribution in [1.82, 2.24) is 10.3 Å². The quantitative estimate of drug-likeness (QED) is 0.785. The first-order valence-corrected chi connectivity index (χ1v) is 5.64. The molecule has 0 bridgehead atoms. The maximum absolute atomic E-state index is 9.60. The number of aliphatic hydroxyl groups excluding tert-OH is 1. The van der Waals surface area contributed by atoms with Crippen molar-refractivity contribution < 1.29 is 9.52 Å². The van der Waals surface area contributed by atoms with Crippen LogP contribution >= 0.6 is 0 Å². The molecule has 4 heteroatoms.